The van der Waals surface area contributed by atoms with Gasteiger partial charge in [0, 0.05) is 13.1 Å². The second-order valence-corrected chi connectivity index (χ2v) is 8.02. The molecule has 0 fully saturated rings. The second kappa shape index (κ2) is 18.6. The number of guanidine groups is 2. The van der Waals surface area contributed by atoms with Crippen LogP contribution >= 0.6 is 0 Å². The second-order valence-electron chi connectivity index (χ2n) is 8.02. The summed E-state index contributed by atoms with van der Waals surface area (Å²) in [6.07, 6.45) is 2.67. The van der Waals surface area contributed by atoms with Crippen LogP contribution in [0, 0.1) is 0 Å². The van der Waals surface area contributed by atoms with E-state index in [1.54, 1.807) is 0 Å². The molecule has 0 heterocycles. The zero-order chi connectivity index (χ0) is 27.5. The number of aliphatic carboxylic acids is 1. The van der Waals surface area contributed by atoms with E-state index in [1.165, 1.54) is 0 Å². The number of nitrogens with one attached hydrogen (secondary N) is 3. The molecule has 16 nitrogen and oxygen atoms in total. The van der Waals surface area contributed by atoms with E-state index in [9.17, 15) is 19.2 Å². The molecule has 0 aromatic carbocycles. The molecule has 0 spiro atoms. The molecule has 0 aliphatic rings. The smallest absolute Gasteiger partial charge is 0.322 e. The lowest BCUT2D eigenvalue weighted by atomic mass is 10.1. The summed E-state index contributed by atoms with van der Waals surface area (Å²) in [7, 11) is 0. The zero-order valence-corrected chi connectivity index (χ0v) is 20.4. The van der Waals surface area contributed by atoms with E-state index in [-0.39, 0.29) is 37.9 Å². The number of hydrogen-bond donors (Lipinski definition) is 10. The van der Waals surface area contributed by atoms with Gasteiger partial charge in [-0.2, -0.15) is 0 Å². The molecule has 3 amide bonds. The van der Waals surface area contributed by atoms with Crippen LogP contribution in [0.15, 0.2) is 9.98 Å². The highest BCUT2D eigenvalue weighted by atomic mass is 16.4. The molecule has 36 heavy (non-hydrogen) atoms. The Morgan fingerprint density at radius 2 is 1.22 bits per heavy atom. The van der Waals surface area contributed by atoms with Crippen molar-refractivity contribution >= 4 is 35.6 Å². The van der Waals surface area contributed by atoms with Crippen molar-refractivity contribution in [2.75, 3.05) is 26.2 Å². The van der Waals surface area contributed by atoms with Crippen molar-refractivity contribution in [1.82, 2.24) is 16.0 Å². The highest BCUT2D eigenvalue weighted by Crippen LogP contribution is 2.05. The third-order valence-electron chi connectivity index (χ3n) is 4.88. The number of carbonyl (C=O) groups excluding carboxylic acids is 3. The van der Waals surface area contributed by atoms with E-state index < -0.39 is 48.4 Å². The molecule has 0 saturated carbocycles. The van der Waals surface area contributed by atoms with Crippen molar-refractivity contribution in [2.45, 2.75) is 63.1 Å². The summed E-state index contributed by atoms with van der Waals surface area (Å²) in [6.45, 7) is 0.247. The molecule has 206 valence electrons. The van der Waals surface area contributed by atoms with Crippen LogP contribution in [0.3, 0.4) is 0 Å². The first kappa shape index (κ1) is 32.3. The van der Waals surface area contributed by atoms with E-state index in [0.717, 1.165) is 0 Å². The van der Waals surface area contributed by atoms with Crippen LogP contribution in [0.25, 0.3) is 0 Å². The number of nitrogens with two attached hydrogens (primary N) is 6. The fourth-order valence-electron chi connectivity index (χ4n) is 3.02. The average Bonchev–Trinajstić information content (AvgIpc) is 2.80. The fourth-order valence-corrected chi connectivity index (χ4v) is 3.02. The molecule has 3 unspecified atom stereocenters. The van der Waals surface area contributed by atoms with Crippen molar-refractivity contribution < 1.29 is 24.3 Å². The third kappa shape index (κ3) is 16.0. The van der Waals surface area contributed by atoms with Crippen LogP contribution < -0.4 is 50.4 Å². The number of carboxylic acid groups (broad SMARTS) is 1. The predicted molar refractivity (Wildman–Crippen MR) is 135 cm³/mol. The maximum absolute atomic E-state index is 13.1. The molecule has 16 heteroatoms. The summed E-state index contributed by atoms with van der Waals surface area (Å²) < 4.78 is 0. The van der Waals surface area contributed by atoms with Gasteiger partial charge in [0.2, 0.25) is 17.7 Å². The van der Waals surface area contributed by atoms with Crippen molar-refractivity contribution in [2.24, 2.45) is 44.4 Å². The van der Waals surface area contributed by atoms with Gasteiger partial charge < -0.3 is 55.5 Å². The van der Waals surface area contributed by atoms with Crippen LogP contribution in [0.2, 0.25) is 0 Å². The monoisotopic (exact) mass is 515 g/mol. The Balaban J connectivity index is 5.41. The number of amides is 3. The lowest BCUT2D eigenvalue weighted by Crippen LogP contribution is -2.56. The number of rotatable bonds is 19. The van der Waals surface area contributed by atoms with Gasteiger partial charge in [0.25, 0.3) is 0 Å². The van der Waals surface area contributed by atoms with Crippen LogP contribution in [0.5, 0.6) is 0 Å². The SMILES string of the molecule is NCCCCC(N)C(=O)NC(CCCN=C(N)N)C(=O)NC(CCCN=C(N)N)C(=O)NCC(=O)O. The number of unbranched alkanes of at least 4 members (excludes halogenated alkanes) is 1. The molecule has 0 aromatic rings. The summed E-state index contributed by atoms with van der Waals surface area (Å²) >= 11 is 0. The van der Waals surface area contributed by atoms with Crippen LogP contribution in [-0.4, -0.2) is 85.0 Å². The Kier molecular flexibility index (Phi) is 16.7. The first-order chi connectivity index (χ1) is 17.0. The quantitative estimate of drug-likeness (QED) is 0.0445. The largest absolute Gasteiger partial charge is 0.480 e. The molecule has 0 rings (SSSR count). The van der Waals surface area contributed by atoms with Gasteiger partial charge in [-0.1, -0.05) is 6.42 Å². The maximum atomic E-state index is 13.1. The van der Waals surface area contributed by atoms with E-state index in [2.05, 4.69) is 25.9 Å². The Morgan fingerprint density at radius 1 is 0.722 bits per heavy atom. The van der Waals surface area contributed by atoms with Gasteiger partial charge in [0.05, 0.1) is 6.04 Å². The molecule has 0 aromatic heterocycles. The molecular formula is C20H41N11O5. The zero-order valence-electron chi connectivity index (χ0n) is 20.4. The minimum absolute atomic E-state index is 0.112. The molecule has 0 aliphatic heterocycles. The van der Waals surface area contributed by atoms with Crippen molar-refractivity contribution in [3.8, 4) is 0 Å². The van der Waals surface area contributed by atoms with Gasteiger partial charge in [-0.3, -0.25) is 29.2 Å². The Bertz CT molecular complexity index is 767. The van der Waals surface area contributed by atoms with E-state index >= 15 is 0 Å². The maximum Gasteiger partial charge on any atom is 0.322 e. The molecule has 0 aliphatic carbocycles. The Hall–Kier alpha value is -3.66. The number of hydrogen-bond acceptors (Lipinski definition) is 8. The normalized spacial score (nSPS) is 12.9. The minimum atomic E-state index is -1.25. The lowest BCUT2D eigenvalue weighted by Gasteiger charge is -2.24. The fraction of sp³-hybridized carbons (Fsp3) is 0.700. The first-order valence-electron chi connectivity index (χ1n) is 11.6. The minimum Gasteiger partial charge on any atom is -0.480 e. The van der Waals surface area contributed by atoms with E-state index in [1.807, 2.05) is 0 Å². The van der Waals surface area contributed by atoms with Gasteiger partial charge in [-0.05, 0) is 45.1 Å². The molecule has 16 N–H and O–H groups in total. The molecule has 0 bridgehead atoms. The van der Waals surface area contributed by atoms with E-state index in [0.29, 0.717) is 38.6 Å². The van der Waals surface area contributed by atoms with Crippen molar-refractivity contribution in [3.05, 3.63) is 0 Å². The average molecular weight is 516 g/mol. The number of aliphatic imine (C=N–C) groups is 2. The third-order valence-corrected chi connectivity index (χ3v) is 4.88. The highest BCUT2D eigenvalue weighted by molar-refractivity contribution is 5.93. The summed E-state index contributed by atoms with van der Waals surface area (Å²) in [5, 5.41) is 16.2. The van der Waals surface area contributed by atoms with Crippen molar-refractivity contribution in [1.29, 1.82) is 0 Å². The topological polar surface area (TPSA) is 305 Å². The first-order valence-corrected chi connectivity index (χ1v) is 11.6. The van der Waals surface area contributed by atoms with Gasteiger partial charge in [-0.15, -0.1) is 0 Å². The van der Waals surface area contributed by atoms with Gasteiger partial charge >= 0.3 is 5.97 Å². The lowest BCUT2D eigenvalue weighted by molar-refractivity contribution is -0.138. The standard InChI is InChI=1S/C20H41N11O5/c21-8-2-1-5-12(22)16(34)30-14(7-4-10-28-20(25)26)18(36)31-13(6-3-9-27-19(23)24)17(35)29-11-15(32)33/h12-14H,1-11,21-22H2,(H,29,35)(H,30,34)(H,31,36)(H,32,33)(H4,23,24,27)(H4,25,26,28). The Morgan fingerprint density at radius 3 is 1.69 bits per heavy atom. The number of carbonyl (C=O) groups is 4. The van der Waals surface area contributed by atoms with Crippen LogP contribution in [-0.2, 0) is 19.2 Å². The number of carboxylic acids is 1. The van der Waals surface area contributed by atoms with Crippen molar-refractivity contribution in [3.63, 3.8) is 0 Å². The van der Waals surface area contributed by atoms with Crippen LogP contribution in [0.4, 0.5) is 0 Å². The van der Waals surface area contributed by atoms with Gasteiger partial charge in [0.1, 0.15) is 18.6 Å². The van der Waals surface area contributed by atoms with E-state index in [4.69, 9.17) is 39.5 Å². The highest BCUT2D eigenvalue weighted by Gasteiger charge is 2.28. The van der Waals surface area contributed by atoms with Gasteiger partial charge in [0.15, 0.2) is 11.9 Å². The molecule has 3 atom stereocenters. The Labute approximate surface area is 210 Å². The van der Waals surface area contributed by atoms with Gasteiger partial charge in [-0.25, -0.2) is 0 Å². The summed E-state index contributed by atoms with van der Waals surface area (Å²) in [6, 6.07) is -2.99. The molecular weight excluding hydrogens is 474 g/mol. The summed E-state index contributed by atoms with van der Waals surface area (Å²) in [5.74, 6) is -3.38. The summed E-state index contributed by atoms with van der Waals surface area (Å²) in [5.41, 5.74) is 32.6. The summed E-state index contributed by atoms with van der Waals surface area (Å²) in [4.78, 5) is 56.6. The van der Waals surface area contributed by atoms with Crippen LogP contribution in [0.1, 0.15) is 44.9 Å². The molecule has 0 radical (unpaired) electrons. The predicted octanol–water partition coefficient (Wildman–Crippen LogP) is -4.28. The number of nitrogens with zero attached hydrogens (tertiary/aromatic N) is 2. The molecule has 0 saturated heterocycles.